The van der Waals surface area contributed by atoms with Crippen molar-refractivity contribution in [2.75, 3.05) is 0 Å². The van der Waals surface area contributed by atoms with E-state index in [-0.39, 0.29) is 12.2 Å². The minimum Gasteiger partial charge on any atom is -0.235 e. The Morgan fingerprint density at radius 2 is 1.57 bits per heavy atom. The van der Waals surface area contributed by atoms with Gasteiger partial charge in [-0.3, -0.25) is 0 Å². The first-order valence-electron chi connectivity index (χ1n) is 6.75. The van der Waals surface area contributed by atoms with Crippen LogP contribution in [0, 0.1) is 5.82 Å². The van der Waals surface area contributed by atoms with Gasteiger partial charge in [0.1, 0.15) is 11.5 Å². The standard InChI is InChI=1S/C16H11F4N3/c17-13-8-6-11(7-9-13)10-23-15(16(18,19)20)14(21-22-23)12-4-2-1-3-5-12/h1-9H,10H2. The van der Waals surface area contributed by atoms with Gasteiger partial charge in [0.05, 0.1) is 6.54 Å². The molecule has 3 aromatic rings. The smallest absolute Gasteiger partial charge is 0.235 e. The monoisotopic (exact) mass is 321 g/mol. The van der Waals surface area contributed by atoms with Crippen LogP contribution in [-0.2, 0) is 12.7 Å². The topological polar surface area (TPSA) is 30.7 Å². The third-order valence-electron chi connectivity index (χ3n) is 3.30. The first-order chi connectivity index (χ1) is 10.9. The number of nitrogens with zero attached hydrogens (tertiary/aromatic N) is 3. The van der Waals surface area contributed by atoms with Gasteiger partial charge in [0, 0.05) is 5.56 Å². The van der Waals surface area contributed by atoms with Gasteiger partial charge in [0.2, 0.25) is 0 Å². The molecule has 2 aromatic carbocycles. The Bertz CT molecular complexity index is 792. The Labute approximate surface area is 129 Å². The van der Waals surface area contributed by atoms with E-state index in [0.717, 1.165) is 4.68 Å². The van der Waals surface area contributed by atoms with Crippen LogP contribution in [0.25, 0.3) is 11.3 Å². The molecule has 0 bridgehead atoms. The molecule has 3 rings (SSSR count). The van der Waals surface area contributed by atoms with Crippen molar-refractivity contribution >= 4 is 0 Å². The minimum absolute atomic E-state index is 0.144. The van der Waals surface area contributed by atoms with E-state index in [0.29, 0.717) is 11.1 Å². The summed E-state index contributed by atoms with van der Waals surface area (Å²) < 4.78 is 54.0. The number of hydrogen-bond acceptors (Lipinski definition) is 2. The molecule has 0 aliphatic rings. The van der Waals surface area contributed by atoms with Crippen LogP contribution in [0.15, 0.2) is 54.6 Å². The molecule has 1 aromatic heterocycles. The lowest BCUT2D eigenvalue weighted by molar-refractivity contribution is -0.143. The van der Waals surface area contributed by atoms with Crippen LogP contribution < -0.4 is 0 Å². The van der Waals surface area contributed by atoms with Gasteiger partial charge < -0.3 is 0 Å². The van der Waals surface area contributed by atoms with Crippen molar-refractivity contribution in [2.45, 2.75) is 12.7 Å². The SMILES string of the molecule is Fc1ccc(Cn2nnc(-c3ccccc3)c2C(F)(F)F)cc1. The first kappa shape index (κ1) is 15.2. The molecular weight excluding hydrogens is 310 g/mol. The summed E-state index contributed by atoms with van der Waals surface area (Å²) in [4.78, 5) is 0. The van der Waals surface area contributed by atoms with Gasteiger partial charge in [-0.1, -0.05) is 47.7 Å². The molecule has 0 radical (unpaired) electrons. The fourth-order valence-corrected chi connectivity index (χ4v) is 2.26. The Hall–Kier alpha value is -2.70. The van der Waals surface area contributed by atoms with E-state index in [1.54, 1.807) is 30.3 Å². The zero-order chi connectivity index (χ0) is 16.4. The van der Waals surface area contributed by atoms with E-state index in [1.165, 1.54) is 24.3 Å². The predicted octanol–water partition coefficient (Wildman–Crippen LogP) is 4.15. The van der Waals surface area contributed by atoms with Gasteiger partial charge in [0.25, 0.3) is 0 Å². The average molecular weight is 321 g/mol. The molecule has 0 saturated carbocycles. The molecule has 0 aliphatic carbocycles. The number of alkyl halides is 3. The van der Waals surface area contributed by atoms with E-state index < -0.39 is 17.7 Å². The van der Waals surface area contributed by atoms with Crippen molar-refractivity contribution in [3.05, 3.63) is 71.7 Å². The summed E-state index contributed by atoms with van der Waals surface area (Å²) in [5.74, 6) is -0.451. The fraction of sp³-hybridized carbons (Fsp3) is 0.125. The Morgan fingerprint density at radius 3 is 2.17 bits per heavy atom. The third kappa shape index (κ3) is 3.23. The number of benzene rings is 2. The maximum atomic E-state index is 13.4. The lowest BCUT2D eigenvalue weighted by Crippen LogP contribution is -2.16. The van der Waals surface area contributed by atoms with E-state index in [1.807, 2.05) is 0 Å². The van der Waals surface area contributed by atoms with E-state index in [2.05, 4.69) is 10.3 Å². The van der Waals surface area contributed by atoms with Gasteiger partial charge in [-0.05, 0) is 17.7 Å². The molecule has 3 nitrogen and oxygen atoms in total. The van der Waals surface area contributed by atoms with Gasteiger partial charge in [-0.15, -0.1) is 5.10 Å². The molecule has 0 unspecified atom stereocenters. The Balaban J connectivity index is 2.04. The van der Waals surface area contributed by atoms with Crippen molar-refractivity contribution in [2.24, 2.45) is 0 Å². The summed E-state index contributed by atoms with van der Waals surface area (Å²) in [6, 6.07) is 13.3. The van der Waals surface area contributed by atoms with E-state index >= 15 is 0 Å². The van der Waals surface area contributed by atoms with Gasteiger partial charge in [-0.2, -0.15) is 13.2 Å². The molecule has 0 fully saturated rings. The second kappa shape index (κ2) is 5.83. The first-order valence-corrected chi connectivity index (χ1v) is 6.75. The van der Waals surface area contributed by atoms with Crippen LogP contribution in [-0.4, -0.2) is 15.0 Å². The largest absolute Gasteiger partial charge is 0.435 e. The molecule has 118 valence electrons. The summed E-state index contributed by atoms with van der Waals surface area (Å²) >= 11 is 0. The third-order valence-corrected chi connectivity index (χ3v) is 3.30. The molecule has 0 amide bonds. The minimum atomic E-state index is -4.60. The predicted molar refractivity (Wildman–Crippen MR) is 76.0 cm³/mol. The number of halogens is 4. The highest BCUT2D eigenvalue weighted by atomic mass is 19.4. The molecule has 0 aliphatic heterocycles. The van der Waals surface area contributed by atoms with E-state index in [9.17, 15) is 17.6 Å². The molecule has 0 N–H and O–H groups in total. The zero-order valence-corrected chi connectivity index (χ0v) is 11.8. The van der Waals surface area contributed by atoms with Crippen LogP contribution >= 0.6 is 0 Å². The Kier molecular flexibility index (Phi) is 3.85. The number of hydrogen-bond donors (Lipinski definition) is 0. The zero-order valence-electron chi connectivity index (χ0n) is 11.8. The quantitative estimate of drug-likeness (QED) is 0.679. The average Bonchev–Trinajstić information content (AvgIpc) is 2.94. The summed E-state index contributed by atoms with van der Waals surface area (Å²) in [7, 11) is 0. The molecule has 23 heavy (non-hydrogen) atoms. The highest BCUT2D eigenvalue weighted by Gasteiger charge is 2.39. The lowest BCUT2D eigenvalue weighted by Gasteiger charge is -2.11. The van der Waals surface area contributed by atoms with Crippen LogP contribution in [0.4, 0.5) is 17.6 Å². The molecule has 0 atom stereocenters. The van der Waals surface area contributed by atoms with Crippen molar-refractivity contribution in [1.82, 2.24) is 15.0 Å². The van der Waals surface area contributed by atoms with Crippen LogP contribution in [0.5, 0.6) is 0 Å². The summed E-state index contributed by atoms with van der Waals surface area (Å²) in [5, 5.41) is 7.32. The second-order valence-corrected chi connectivity index (χ2v) is 4.93. The molecule has 0 spiro atoms. The van der Waals surface area contributed by atoms with Crippen molar-refractivity contribution < 1.29 is 17.6 Å². The molecular formula is C16H11F4N3. The van der Waals surface area contributed by atoms with E-state index in [4.69, 9.17) is 0 Å². The molecule has 7 heteroatoms. The van der Waals surface area contributed by atoms with Crippen LogP contribution in [0.2, 0.25) is 0 Å². The molecule has 0 saturated heterocycles. The Morgan fingerprint density at radius 1 is 0.913 bits per heavy atom. The maximum absolute atomic E-state index is 13.4. The van der Waals surface area contributed by atoms with Crippen molar-refractivity contribution in [3.8, 4) is 11.3 Å². The molecule has 1 heterocycles. The highest BCUT2D eigenvalue weighted by Crippen LogP contribution is 2.35. The van der Waals surface area contributed by atoms with Crippen molar-refractivity contribution in [3.63, 3.8) is 0 Å². The normalized spacial score (nSPS) is 11.7. The summed E-state index contributed by atoms with van der Waals surface area (Å²) in [6.45, 7) is -0.144. The summed E-state index contributed by atoms with van der Waals surface area (Å²) in [6.07, 6.45) is -4.60. The van der Waals surface area contributed by atoms with Crippen LogP contribution in [0.3, 0.4) is 0 Å². The highest BCUT2D eigenvalue weighted by molar-refractivity contribution is 5.61. The fourth-order valence-electron chi connectivity index (χ4n) is 2.26. The van der Waals surface area contributed by atoms with Gasteiger partial charge >= 0.3 is 6.18 Å². The van der Waals surface area contributed by atoms with Crippen molar-refractivity contribution in [1.29, 1.82) is 0 Å². The number of rotatable bonds is 3. The second-order valence-electron chi connectivity index (χ2n) is 4.93. The number of aromatic nitrogens is 3. The van der Waals surface area contributed by atoms with Crippen LogP contribution in [0.1, 0.15) is 11.3 Å². The maximum Gasteiger partial charge on any atom is 0.435 e. The summed E-state index contributed by atoms with van der Waals surface area (Å²) in [5.41, 5.74) is -0.306. The van der Waals surface area contributed by atoms with Gasteiger partial charge in [0.15, 0.2) is 5.69 Å². The van der Waals surface area contributed by atoms with Gasteiger partial charge in [-0.25, -0.2) is 9.07 Å². The lowest BCUT2D eigenvalue weighted by atomic mass is 10.1.